The van der Waals surface area contributed by atoms with E-state index in [9.17, 15) is 4.79 Å². The molecule has 0 saturated carbocycles. The minimum Gasteiger partial charge on any atom is -0.398 e. The standard InChI is InChI=1S/C13H12ClN3O/c1-8-3-2-6-16-12(8)17-13(18)10-7-9(14)4-5-11(10)15/h2-7H,15H2,1H3,(H,16,17,18). The number of halogens is 1. The van der Waals surface area contributed by atoms with Gasteiger partial charge >= 0.3 is 0 Å². The molecule has 0 unspecified atom stereocenters. The average molecular weight is 262 g/mol. The fraction of sp³-hybridized carbons (Fsp3) is 0.0769. The summed E-state index contributed by atoms with van der Waals surface area (Å²) in [7, 11) is 0. The maximum absolute atomic E-state index is 12.0. The van der Waals surface area contributed by atoms with Gasteiger partial charge in [0.05, 0.1) is 5.56 Å². The van der Waals surface area contributed by atoms with Gasteiger partial charge in [0.15, 0.2) is 0 Å². The number of nitrogens with zero attached hydrogens (tertiary/aromatic N) is 1. The summed E-state index contributed by atoms with van der Waals surface area (Å²) in [5.41, 5.74) is 7.34. The first-order valence-electron chi connectivity index (χ1n) is 5.36. The first kappa shape index (κ1) is 12.4. The first-order valence-corrected chi connectivity index (χ1v) is 5.73. The largest absolute Gasteiger partial charge is 0.398 e. The molecule has 0 aliphatic carbocycles. The number of rotatable bonds is 2. The summed E-state index contributed by atoms with van der Waals surface area (Å²) in [5, 5.41) is 3.17. The number of anilines is 2. The van der Waals surface area contributed by atoms with Gasteiger partial charge in [-0.05, 0) is 36.8 Å². The van der Waals surface area contributed by atoms with E-state index in [2.05, 4.69) is 10.3 Å². The molecule has 1 heterocycles. The molecule has 4 nitrogen and oxygen atoms in total. The lowest BCUT2D eigenvalue weighted by Crippen LogP contribution is -2.15. The number of nitrogen functional groups attached to an aromatic ring is 1. The van der Waals surface area contributed by atoms with Gasteiger partial charge in [-0.25, -0.2) is 4.98 Å². The molecule has 0 bridgehead atoms. The Labute approximate surface area is 110 Å². The van der Waals surface area contributed by atoms with Crippen LogP contribution in [0.2, 0.25) is 5.02 Å². The van der Waals surface area contributed by atoms with E-state index in [1.165, 1.54) is 6.07 Å². The molecule has 2 rings (SSSR count). The summed E-state index contributed by atoms with van der Waals surface area (Å²) in [6.07, 6.45) is 1.62. The Morgan fingerprint density at radius 3 is 2.89 bits per heavy atom. The number of nitrogens with one attached hydrogen (secondary N) is 1. The molecule has 92 valence electrons. The number of nitrogens with two attached hydrogens (primary N) is 1. The predicted octanol–water partition coefficient (Wildman–Crippen LogP) is 2.88. The SMILES string of the molecule is Cc1cccnc1NC(=O)c1cc(Cl)ccc1N. The van der Waals surface area contributed by atoms with E-state index in [4.69, 9.17) is 17.3 Å². The lowest BCUT2D eigenvalue weighted by Gasteiger charge is -2.08. The van der Waals surface area contributed by atoms with E-state index < -0.39 is 0 Å². The third-order valence-corrected chi connectivity index (χ3v) is 2.74. The third-order valence-electron chi connectivity index (χ3n) is 2.50. The fourth-order valence-corrected chi connectivity index (χ4v) is 1.69. The zero-order valence-electron chi connectivity index (χ0n) is 9.77. The Kier molecular flexibility index (Phi) is 3.48. The van der Waals surface area contributed by atoms with Gasteiger partial charge < -0.3 is 11.1 Å². The highest BCUT2D eigenvalue weighted by Crippen LogP contribution is 2.19. The van der Waals surface area contributed by atoms with Crippen molar-refractivity contribution in [3.63, 3.8) is 0 Å². The van der Waals surface area contributed by atoms with Gasteiger partial charge in [-0.1, -0.05) is 17.7 Å². The van der Waals surface area contributed by atoms with Crippen molar-refractivity contribution in [2.75, 3.05) is 11.1 Å². The number of carbonyl (C=O) groups excluding carboxylic acids is 1. The van der Waals surface area contributed by atoms with Crippen molar-refractivity contribution in [2.24, 2.45) is 0 Å². The van der Waals surface area contributed by atoms with Gasteiger partial charge in [0, 0.05) is 16.9 Å². The monoisotopic (exact) mass is 261 g/mol. The van der Waals surface area contributed by atoms with Crippen molar-refractivity contribution < 1.29 is 4.79 Å². The van der Waals surface area contributed by atoms with E-state index in [0.29, 0.717) is 22.1 Å². The van der Waals surface area contributed by atoms with E-state index in [0.717, 1.165) is 5.56 Å². The number of pyridine rings is 1. The third kappa shape index (κ3) is 2.60. The van der Waals surface area contributed by atoms with Crippen LogP contribution in [-0.4, -0.2) is 10.9 Å². The van der Waals surface area contributed by atoms with E-state index >= 15 is 0 Å². The van der Waals surface area contributed by atoms with Crippen LogP contribution in [0.15, 0.2) is 36.5 Å². The van der Waals surface area contributed by atoms with E-state index in [1.807, 2.05) is 13.0 Å². The Morgan fingerprint density at radius 2 is 2.17 bits per heavy atom. The lowest BCUT2D eigenvalue weighted by molar-refractivity contribution is 0.102. The van der Waals surface area contributed by atoms with Crippen LogP contribution < -0.4 is 11.1 Å². The van der Waals surface area contributed by atoms with Crippen molar-refractivity contribution >= 4 is 29.0 Å². The number of benzene rings is 1. The molecular formula is C13H12ClN3O. The van der Waals surface area contributed by atoms with Gasteiger partial charge in [-0.3, -0.25) is 4.79 Å². The van der Waals surface area contributed by atoms with Crippen molar-refractivity contribution in [3.8, 4) is 0 Å². The van der Waals surface area contributed by atoms with Gasteiger partial charge in [0.1, 0.15) is 5.82 Å². The second-order valence-corrected chi connectivity index (χ2v) is 4.29. The molecule has 5 heteroatoms. The smallest absolute Gasteiger partial charge is 0.258 e. The normalized spacial score (nSPS) is 10.1. The molecule has 2 aromatic rings. The molecule has 0 fully saturated rings. The zero-order valence-corrected chi connectivity index (χ0v) is 10.5. The van der Waals surface area contributed by atoms with Crippen LogP contribution in [0.5, 0.6) is 0 Å². The summed E-state index contributed by atoms with van der Waals surface area (Å²) >= 11 is 5.84. The van der Waals surface area contributed by atoms with Gasteiger partial charge in [-0.2, -0.15) is 0 Å². The molecule has 0 saturated heterocycles. The zero-order chi connectivity index (χ0) is 13.1. The molecule has 3 N–H and O–H groups in total. The van der Waals surface area contributed by atoms with Gasteiger partial charge in [0.2, 0.25) is 0 Å². The predicted molar refractivity (Wildman–Crippen MR) is 72.8 cm³/mol. The van der Waals surface area contributed by atoms with Gasteiger partial charge in [-0.15, -0.1) is 0 Å². The van der Waals surface area contributed by atoms with Crippen LogP contribution in [0.25, 0.3) is 0 Å². The second kappa shape index (κ2) is 5.06. The van der Waals surface area contributed by atoms with E-state index in [1.54, 1.807) is 24.4 Å². The molecule has 0 aliphatic rings. The van der Waals surface area contributed by atoms with Crippen molar-refractivity contribution in [1.82, 2.24) is 4.98 Å². The maximum Gasteiger partial charge on any atom is 0.258 e. The molecule has 0 aliphatic heterocycles. The van der Waals surface area contributed by atoms with Crippen LogP contribution in [-0.2, 0) is 0 Å². The topological polar surface area (TPSA) is 68.0 Å². The number of amides is 1. The number of hydrogen-bond donors (Lipinski definition) is 2. The summed E-state index contributed by atoms with van der Waals surface area (Å²) < 4.78 is 0. The molecule has 1 aromatic heterocycles. The molecule has 0 radical (unpaired) electrons. The minimum atomic E-state index is -0.322. The summed E-state index contributed by atoms with van der Waals surface area (Å²) in [6, 6.07) is 8.44. The van der Waals surface area contributed by atoms with Gasteiger partial charge in [0.25, 0.3) is 5.91 Å². The second-order valence-electron chi connectivity index (χ2n) is 3.85. The Balaban J connectivity index is 2.28. The van der Waals surface area contributed by atoms with Crippen molar-refractivity contribution in [1.29, 1.82) is 0 Å². The van der Waals surface area contributed by atoms with Crippen LogP contribution in [0.4, 0.5) is 11.5 Å². The number of aromatic nitrogens is 1. The molecular weight excluding hydrogens is 250 g/mol. The number of hydrogen-bond acceptors (Lipinski definition) is 3. The van der Waals surface area contributed by atoms with Crippen LogP contribution in [0, 0.1) is 6.92 Å². The molecule has 1 aromatic carbocycles. The first-order chi connectivity index (χ1) is 8.58. The highest BCUT2D eigenvalue weighted by atomic mass is 35.5. The van der Waals surface area contributed by atoms with Crippen molar-refractivity contribution in [2.45, 2.75) is 6.92 Å². The average Bonchev–Trinajstić information content (AvgIpc) is 2.35. The lowest BCUT2D eigenvalue weighted by atomic mass is 10.1. The number of carbonyl (C=O) groups is 1. The van der Waals surface area contributed by atoms with Crippen LogP contribution in [0.3, 0.4) is 0 Å². The number of aryl methyl sites for hydroxylation is 1. The summed E-state index contributed by atoms with van der Waals surface area (Å²) in [4.78, 5) is 16.1. The van der Waals surface area contributed by atoms with Crippen molar-refractivity contribution in [3.05, 3.63) is 52.7 Å². The minimum absolute atomic E-state index is 0.322. The highest BCUT2D eigenvalue weighted by Gasteiger charge is 2.12. The Morgan fingerprint density at radius 1 is 1.39 bits per heavy atom. The van der Waals surface area contributed by atoms with Crippen LogP contribution in [0.1, 0.15) is 15.9 Å². The quantitative estimate of drug-likeness (QED) is 0.817. The summed E-state index contributed by atoms with van der Waals surface area (Å²) in [6.45, 7) is 1.87. The molecule has 1 amide bonds. The Hall–Kier alpha value is -2.07. The molecule has 0 atom stereocenters. The fourth-order valence-electron chi connectivity index (χ4n) is 1.52. The van der Waals surface area contributed by atoms with Crippen LogP contribution >= 0.6 is 11.6 Å². The highest BCUT2D eigenvalue weighted by molar-refractivity contribution is 6.31. The molecule has 0 spiro atoms. The Bertz CT molecular complexity index is 599. The van der Waals surface area contributed by atoms with E-state index in [-0.39, 0.29) is 5.91 Å². The molecule has 18 heavy (non-hydrogen) atoms. The summed E-state index contributed by atoms with van der Waals surface area (Å²) in [5.74, 6) is 0.193. The maximum atomic E-state index is 12.0.